The molecule has 2 heteroatoms. The second-order valence-corrected chi connectivity index (χ2v) is 8.87. The van der Waals surface area contributed by atoms with Gasteiger partial charge in [-0.3, -0.25) is 0 Å². The van der Waals surface area contributed by atoms with Crippen LogP contribution >= 0.6 is 0 Å². The SMILES string of the molecule is Cc1ccc2c(oc3ccccc32)c1C1C(C)N2CCC1(C)c1ccccc12. The van der Waals surface area contributed by atoms with Crippen molar-refractivity contribution in [3.8, 4) is 0 Å². The van der Waals surface area contributed by atoms with Crippen molar-refractivity contribution in [3.63, 3.8) is 0 Å². The molecule has 1 saturated heterocycles. The largest absolute Gasteiger partial charge is 0.456 e. The zero-order chi connectivity index (χ0) is 19.0. The third kappa shape index (κ3) is 1.88. The van der Waals surface area contributed by atoms with E-state index in [-0.39, 0.29) is 5.41 Å². The Hall–Kier alpha value is -2.74. The summed E-state index contributed by atoms with van der Waals surface area (Å²) in [7, 11) is 0. The Labute approximate surface area is 165 Å². The van der Waals surface area contributed by atoms with Crippen molar-refractivity contribution in [2.75, 3.05) is 11.4 Å². The zero-order valence-electron chi connectivity index (χ0n) is 16.7. The van der Waals surface area contributed by atoms with Crippen LogP contribution in [0, 0.1) is 6.92 Å². The van der Waals surface area contributed by atoms with Crippen LogP contribution < -0.4 is 4.90 Å². The predicted molar refractivity (Wildman–Crippen MR) is 116 cm³/mol. The van der Waals surface area contributed by atoms with Gasteiger partial charge in [0.25, 0.3) is 0 Å². The molecule has 3 aromatic carbocycles. The van der Waals surface area contributed by atoms with Gasteiger partial charge in [0, 0.05) is 45.9 Å². The Bertz CT molecular complexity index is 1240. The lowest BCUT2D eigenvalue weighted by molar-refractivity contribution is 0.243. The highest BCUT2D eigenvalue weighted by atomic mass is 16.3. The van der Waals surface area contributed by atoms with Crippen molar-refractivity contribution in [1.82, 2.24) is 0 Å². The topological polar surface area (TPSA) is 16.4 Å². The number of nitrogens with zero attached hydrogens (tertiary/aromatic N) is 1. The summed E-state index contributed by atoms with van der Waals surface area (Å²) in [4.78, 5) is 2.62. The molecule has 28 heavy (non-hydrogen) atoms. The van der Waals surface area contributed by atoms with Gasteiger partial charge in [-0.1, -0.05) is 55.5 Å². The number of piperidine rings is 1. The molecule has 1 fully saturated rings. The van der Waals surface area contributed by atoms with E-state index < -0.39 is 0 Å². The Kier molecular flexibility index (Phi) is 3.14. The smallest absolute Gasteiger partial charge is 0.139 e. The van der Waals surface area contributed by atoms with Crippen LogP contribution in [0.25, 0.3) is 21.9 Å². The fourth-order valence-electron chi connectivity index (χ4n) is 6.13. The summed E-state index contributed by atoms with van der Waals surface area (Å²) in [6.45, 7) is 8.27. The molecule has 3 aliphatic rings. The molecule has 2 bridgehead atoms. The Morgan fingerprint density at radius 2 is 1.75 bits per heavy atom. The van der Waals surface area contributed by atoms with Gasteiger partial charge in [-0.2, -0.15) is 0 Å². The van der Waals surface area contributed by atoms with E-state index in [9.17, 15) is 0 Å². The van der Waals surface area contributed by atoms with Crippen LogP contribution in [0.15, 0.2) is 65.1 Å². The van der Waals surface area contributed by atoms with Crippen LogP contribution in [0.1, 0.15) is 42.9 Å². The number of furan rings is 1. The lowest BCUT2D eigenvalue weighted by Crippen LogP contribution is -2.57. The molecular weight excluding hydrogens is 342 g/mol. The zero-order valence-corrected chi connectivity index (χ0v) is 16.7. The maximum absolute atomic E-state index is 6.49. The lowest BCUT2D eigenvalue weighted by atomic mass is 9.58. The van der Waals surface area contributed by atoms with E-state index in [2.05, 4.69) is 86.3 Å². The molecule has 3 aliphatic heterocycles. The van der Waals surface area contributed by atoms with Crippen molar-refractivity contribution in [1.29, 1.82) is 0 Å². The van der Waals surface area contributed by atoms with Gasteiger partial charge in [0.1, 0.15) is 11.2 Å². The van der Waals surface area contributed by atoms with Crippen molar-refractivity contribution < 1.29 is 4.42 Å². The molecule has 0 saturated carbocycles. The maximum atomic E-state index is 6.49. The summed E-state index contributed by atoms with van der Waals surface area (Å²) in [6, 6.07) is 22.4. The normalized spacial score (nSPS) is 26.2. The van der Waals surface area contributed by atoms with Crippen LogP contribution in [0.2, 0.25) is 0 Å². The highest BCUT2D eigenvalue weighted by Crippen LogP contribution is 2.57. The van der Waals surface area contributed by atoms with E-state index in [1.165, 1.54) is 39.6 Å². The summed E-state index contributed by atoms with van der Waals surface area (Å²) in [5.41, 5.74) is 7.88. The second kappa shape index (κ2) is 5.41. The van der Waals surface area contributed by atoms with Crippen LogP contribution in [0.4, 0.5) is 5.69 Å². The number of anilines is 1. The first-order valence-corrected chi connectivity index (χ1v) is 10.4. The lowest BCUT2D eigenvalue weighted by Gasteiger charge is -2.58. The Balaban J connectivity index is 1.67. The number of hydrogen-bond donors (Lipinski definition) is 0. The third-order valence-corrected chi connectivity index (χ3v) is 7.48. The van der Waals surface area contributed by atoms with Crippen LogP contribution in [-0.4, -0.2) is 12.6 Å². The molecule has 140 valence electrons. The summed E-state index contributed by atoms with van der Waals surface area (Å²) < 4.78 is 6.49. The van der Waals surface area contributed by atoms with Gasteiger partial charge in [0.05, 0.1) is 0 Å². The quantitative estimate of drug-likeness (QED) is 0.379. The number of hydrogen-bond acceptors (Lipinski definition) is 2. The van der Waals surface area contributed by atoms with E-state index in [0.717, 1.165) is 17.7 Å². The molecule has 4 aromatic rings. The summed E-state index contributed by atoms with van der Waals surface area (Å²) in [5.74, 6) is 0.417. The molecule has 0 amide bonds. The van der Waals surface area contributed by atoms with E-state index in [0.29, 0.717) is 12.0 Å². The van der Waals surface area contributed by atoms with Gasteiger partial charge in [0.2, 0.25) is 0 Å². The first-order chi connectivity index (χ1) is 13.6. The minimum atomic E-state index is 0.128. The van der Waals surface area contributed by atoms with Crippen LogP contribution in [0.3, 0.4) is 0 Å². The minimum absolute atomic E-state index is 0.128. The average Bonchev–Trinajstić information content (AvgIpc) is 3.08. The summed E-state index contributed by atoms with van der Waals surface area (Å²) in [5, 5.41) is 2.47. The predicted octanol–water partition coefficient (Wildman–Crippen LogP) is 6.55. The standard InChI is InChI=1S/C26H25NO/c1-16-12-13-19-18-8-4-7-11-22(18)28-25(19)23(16)24-17(2)27-15-14-26(24,3)20-9-5-6-10-21(20)27/h4-13,17,24H,14-15H2,1-3H3. The molecule has 2 nitrogen and oxygen atoms in total. The fraction of sp³-hybridized carbons (Fsp3) is 0.308. The van der Waals surface area contributed by atoms with Gasteiger partial charge in [-0.15, -0.1) is 0 Å². The highest BCUT2D eigenvalue weighted by Gasteiger charge is 2.52. The summed E-state index contributed by atoms with van der Waals surface area (Å²) >= 11 is 0. The van der Waals surface area contributed by atoms with Crippen LogP contribution in [-0.2, 0) is 5.41 Å². The number of para-hydroxylation sites is 2. The molecule has 3 unspecified atom stereocenters. The molecule has 0 aliphatic carbocycles. The third-order valence-electron chi connectivity index (χ3n) is 7.48. The minimum Gasteiger partial charge on any atom is -0.456 e. The Morgan fingerprint density at radius 3 is 2.64 bits per heavy atom. The van der Waals surface area contributed by atoms with Crippen molar-refractivity contribution in [2.24, 2.45) is 0 Å². The Morgan fingerprint density at radius 1 is 0.964 bits per heavy atom. The van der Waals surface area contributed by atoms with E-state index in [1.807, 2.05) is 0 Å². The molecule has 3 atom stereocenters. The molecule has 0 spiro atoms. The molecule has 4 heterocycles. The highest BCUT2D eigenvalue weighted by molar-refractivity contribution is 6.06. The van der Waals surface area contributed by atoms with Gasteiger partial charge < -0.3 is 9.32 Å². The molecular formula is C26H25NO. The molecule has 0 radical (unpaired) electrons. The van der Waals surface area contributed by atoms with E-state index in [1.54, 1.807) is 0 Å². The molecule has 1 aromatic heterocycles. The molecule has 7 rings (SSSR count). The van der Waals surface area contributed by atoms with Crippen molar-refractivity contribution in [3.05, 3.63) is 77.4 Å². The van der Waals surface area contributed by atoms with Gasteiger partial charge >= 0.3 is 0 Å². The monoisotopic (exact) mass is 367 g/mol. The maximum Gasteiger partial charge on any atom is 0.139 e. The number of rotatable bonds is 1. The van der Waals surface area contributed by atoms with E-state index in [4.69, 9.17) is 4.42 Å². The molecule has 0 N–H and O–H groups in total. The number of benzene rings is 3. The fourth-order valence-corrected chi connectivity index (χ4v) is 6.13. The second-order valence-electron chi connectivity index (χ2n) is 8.87. The van der Waals surface area contributed by atoms with E-state index >= 15 is 0 Å². The van der Waals surface area contributed by atoms with Crippen molar-refractivity contribution in [2.45, 2.75) is 44.6 Å². The van der Waals surface area contributed by atoms with Gasteiger partial charge in [0.15, 0.2) is 0 Å². The van der Waals surface area contributed by atoms with Crippen molar-refractivity contribution >= 4 is 27.6 Å². The number of aryl methyl sites for hydroxylation is 1. The van der Waals surface area contributed by atoms with Gasteiger partial charge in [-0.05, 0) is 43.5 Å². The average molecular weight is 367 g/mol. The van der Waals surface area contributed by atoms with Crippen LogP contribution in [0.5, 0.6) is 0 Å². The van der Waals surface area contributed by atoms with Gasteiger partial charge in [-0.25, -0.2) is 0 Å². The number of fused-ring (bicyclic) bond motifs is 5. The first kappa shape index (κ1) is 16.2. The first-order valence-electron chi connectivity index (χ1n) is 10.4. The summed E-state index contributed by atoms with van der Waals surface area (Å²) in [6.07, 6.45) is 1.19.